The van der Waals surface area contributed by atoms with Gasteiger partial charge in [0.25, 0.3) is 0 Å². The number of ether oxygens (including phenoxy) is 1. The molecular weight excluding hydrogens is 264 g/mol. The lowest BCUT2D eigenvalue weighted by atomic mass is 10.2. The molecule has 0 aromatic heterocycles. The molecule has 2 rings (SSSR count). The molecule has 106 valence electrons. The summed E-state index contributed by atoms with van der Waals surface area (Å²) in [5.41, 5.74) is 6.13. The standard InChI is InChI=1S/C13H20N2O3S/c1-9(10-4-5-10)15(2)19(16,17)13-7-6-11(14)8-12(13)18-3/h6-10H,4-5,14H2,1-3H3. The SMILES string of the molecule is COc1cc(N)ccc1S(=O)(=O)N(C)C(C)C1CC1. The molecule has 0 saturated heterocycles. The maximum absolute atomic E-state index is 12.6. The summed E-state index contributed by atoms with van der Waals surface area (Å²) < 4.78 is 31.8. The van der Waals surface area contributed by atoms with Gasteiger partial charge in [0.15, 0.2) is 0 Å². The summed E-state index contributed by atoms with van der Waals surface area (Å²) in [7, 11) is -0.488. The zero-order valence-electron chi connectivity index (χ0n) is 11.5. The fourth-order valence-electron chi connectivity index (χ4n) is 2.15. The molecule has 0 radical (unpaired) electrons. The van der Waals surface area contributed by atoms with Crippen LogP contribution in [0.1, 0.15) is 19.8 Å². The Kier molecular flexibility index (Phi) is 3.73. The van der Waals surface area contributed by atoms with Crippen molar-refractivity contribution in [2.75, 3.05) is 19.9 Å². The summed E-state index contributed by atoms with van der Waals surface area (Å²) in [6, 6.07) is 4.61. The molecule has 1 fully saturated rings. The Labute approximate surface area is 114 Å². The number of sulfonamides is 1. The molecule has 1 unspecified atom stereocenters. The van der Waals surface area contributed by atoms with Crippen LogP contribution in [0, 0.1) is 5.92 Å². The van der Waals surface area contributed by atoms with Crippen molar-refractivity contribution >= 4 is 15.7 Å². The van der Waals surface area contributed by atoms with Gasteiger partial charge in [0.1, 0.15) is 10.6 Å². The number of hydrogen-bond acceptors (Lipinski definition) is 4. The second-order valence-corrected chi connectivity index (χ2v) is 6.98. The molecule has 1 aromatic rings. The first kappa shape index (κ1) is 14.1. The number of anilines is 1. The molecule has 1 aliphatic carbocycles. The highest BCUT2D eigenvalue weighted by atomic mass is 32.2. The summed E-state index contributed by atoms with van der Waals surface area (Å²) in [4.78, 5) is 0.166. The van der Waals surface area contributed by atoms with Gasteiger partial charge in [-0.05, 0) is 37.8 Å². The van der Waals surface area contributed by atoms with Crippen LogP contribution in [0.15, 0.2) is 23.1 Å². The van der Waals surface area contributed by atoms with Crippen molar-refractivity contribution in [2.45, 2.75) is 30.7 Å². The first-order valence-electron chi connectivity index (χ1n) is 6.29. The van der Waals surface area contributed by atoms with Crippen LogP contribution in [0.2, 0.25) is 0 Å². The second kappa shape index (κ2) is 5.02. The van der Waals surface area contributed by atoms with Gasteiger partial charge in [-0.1, -0.05) is 0 Å². The third kappa shape index (κ3) is 2.69. The van der Waals surface area contributed by atoms with Crippen LogP contribution >= 0.6 is 0 Å². The van der Waals surface area contributed by atoms with Crippen molar-refractivity contribution in [3.05, 3.63) is 18.2 Å². The van der Waals surface area contributed by atoms with Gasteiger partial charge in [0.05, 0.1) is 7.11 Å². The summed E-state index contributed by atoms with van der Waals surface area (Å²) >= 11 is 0. The van der Waals surface area contributed by atoms with E-state index in [1.807, 2.05) is 6.92 Å². The van der Waals surface area contributed by atoms with E-state index >= 15 is 0 Å². The van der Waals surface area contributed by atoms with Crippen LogP contribution in [0.4, 0.5) is 5.69 Å². The highest BCUT2D eigenvalue weighted by molar-refractivity contribution is 7.89. The summed E-state index contributed by atoms with van der Waals surface area (Å²) in [6.07, 6.45) is 2.19. The summed E-state index contributed by atoms with van der Waals surface area (Å²) in [5.74, 6) is 0.759. The van der Waals surface area contributed by atoms with E-state index in [9.17, 15) is 8.42 Å². The maximum Gasteiger partial charge on any atom is 0.246 e. The minimum atomic E-state index is -3.55. The molecule has 1 atom stereocenters. The fraction of sp³-hybridized carbons (Fsp3) is 0.538. The average molecular weight is 284 g/mol. The Balaban J connectivity index is 2.38. The molecule has 0 amide bonds. The van der Waals surface area contributed by atoms with Crippen molar-refractivity contribution in [2.24, 2.45) is 5.92 Å². The normalized spacial score (nSPS) is 17.5. The third-order valence-corrected chi connectivity index (χ3v) is 5.71. The van der Waals surface area contributed by atoms with Gasteiger partial charge in [-0.15, -0.1) is 0 Å². The number of nitrogen functional groups attached to an aromatic ring is 1. The Morgan fingerprint density at radius 1 is 1.42 bits per heavy atom. The number of benzene rings is 1. The minimum absolute atomic E-state index is 0.00672. The van der Waals surface area contributed by atoms with Crippen molar-refractivity contribution in [3.63, 3.8) is 0 Å². The van der Waals surface area contributed by atoms with Gasteiger partial charge in [0, 0.05) is 24.8 Å². The van der Waals surface area contributed by atoms with E-state index in [-0.39, 0.29) is 16.7 Å². The van der Waals surface area contributed by atoms with Crippen LogP contribution in [-0.4, -0.2) is 32.9 Å². The zero-order valence-corrected chi connectivity index (χ0v) is 12.3. The van der Waals surface area contributed by atoms with Crippen LogP contribution in [0.5, 0.6) is 5.75 Å². The van der Waals surface area contributed by atoms with Gasteiger partial charge in [0.2, 0.25) is 10.0 Å². The molecule has 0 aliphatic heterocycles. The topological polar surface area (TPSA) is 72.6 Å². The lowest BCUT2D eigenvalue weighted by molar-refractivity contribution is 0.352. The Morgan fingerprint density at radius 2 is 2.05 bits per heavy atom. The van der Waals surface area contributed by atoms with E-state index in [0.29, 0.717) is 11.6 Å². The van der Waals surface area contributed by atoms with Gasteiger partial charge >= 0.3 is 0 Å². The first-order chi connectivity index (χ1) is 8.87. The van der Waals surface area contributed by atoms with E-state index < -0.39 is 10.0 Å². The predicted molar refractivity (Wildman–Crippen MR) is 74.5 cm³/mol. The Bertz CT molecular complexity index is 567. The van der Waals surface area contributed by atoms with Gasteiger partial charge in [-0.3, -0.25) is 0 Å². The molecule has 2 N–H and O–H groups in total. The lowest BCUT2D eigenvalue weighted by Crippen LogP contribution is -2.36. The smallest absolute Gasteiger partial charge is 0.246 e. The quantitative estimate of drug-likeness (QED) is 0.835. The van der Waals surface area contributed by atoms with E-state index in [1.165, 1.54) is 23.5 Å². The average Bonchev–Trinajstić information content (AvgIpc) is 3.20. The number of nitrogens with zero attached hydrogens (tertiary/aromatic N) is 1. The lowest BCUT2D eigenvalue weighted by Gasteiger charge is -2.25. The largest absolute Gasteiger partial charge is 0.495 e. The van der Waals surface area contributed by atoms with Gasteiger partial charge in [-0.2, -0.15) is 4.31 Å². The molecule has 1 aromatic carbocycles. The molecule has 0 spiro atoms. The van der Waals surface area contributed by atoms with Crippen molar-refractivity contribution in [3.8, 4) is 5.75 Å². The molecule has 0 bridgehead atoms. The van der Waals surface area contributed by atoms with E-state index in [2.05, 4.69) is 0 Å². The highest BCUT2D eigenvalue weighted by Crippen LogP contribution is 2.37. The summed E-state index contributed by atoms with van der Waals surface area (Å²) in [6.45, 7) is 1.94. The third-order valence-electron chi connectivity index (χ3n) is 3.72. The van der Waals surface area contributed by atoms with Crippen LogP contribution in [-0.2, 0) is 10.0 Å². The van der Waals surface area contributed by atoms with Gasteiger partial charge < -0.3 is 10.5 Å². The molecule has 0 heterocycles. The first-order valence-corrected chi connectivity index (χ1v) is 7.73. The maximum atomic E-state index is 12.6. The van der Waals surface area contributed by atoms with Crippen molar-refractivity contribution in [1.29, 1.82) is 0 Å². The predicted octanol–water partition coefficient (Wildman–Crippen LogP) is 1.70. The van der Waals surface area contributed by atoms with Crippen LogP contribution < -0.4 is 10.5 Å². The fourth-order valence-corrected chi connectivity index (χ4v) is 3.70. The number of rotatable bonds is 5. The molecule has 6 heteroatoms. The van der Waals surface area contributed by atoms with Crippen LogP contribution in [0.3, 0.4) is 0 Å². The molecule has 1 aliphatic rings. The van der Waals surface area contributed by atoms with Crippen LogP contribution in [0.25, 0.3) is 0 Å². The second-order valence-electron chi connectivity index (χ2n) is 5.01. The zero-order chi connectivity index (χ0) is 14.2. The van der Waals surface area contributed by atoms with Crippen molar-refractivity contribution < 1.29 is 13.2 Å². The van der Waals surface area contributed by atoms with E-state index in [1.54, 1.807) is 13.1 Å². The monoisotopic (exact) mass is 284 g/mol. The molecule has 1 saturated carbocycles. The minimum Gasteiger partial charge on any atom is -0.495 e. The molecule has 5 nitrogen and oxygen atoms in total. The molecular formula is C13H20N2O3S. The number of methoxy groups -OCH3 is 1. The van der Waals surface area contributed by atoms with Crippen molar-refractivity contribution in [1.82, 2.24) is 4.31 Å². The highest BCUT2D eigenvalue weighted by Gasteiger charge is 2.37. The van der Waals surface area contributed by atoms with E-state index in [0.717, 1.165) is 12.8 Å². The van der Waals surface area contributed by atoms with E-state index in [4.69, 9.17) is 10.5 Å². The number of hydrogen-bond donors (Lipinski definition) is 1. The molecule has 19 heavy (non-hydrogen) atoms. The summed E-state index contributed by atoms with van der Waals surface area (Å²) in [5, 5.41) is 0. The Morgan fingerprint density at radius 3 is 2.58 bits per heavy atom. The number of nitrogens with two attached hydrogens (primary N) is 1. The Hall–Kier alpha value is -1.27. The van der Waals surface area contributed by atoms with Gasteiger partial charge in [-0.25, -0.2) is 8.42 Å².